The summed E-state index contributed by atoms with van der Waals surface area (Å²) in [7, 11) is 1.49. The third-order valence-electron chi connectivity index (χ3n) is 2.55. The van der Waals surface area contributed by atoms with E-state index in [-0.39, 0.29) is 0 Å². The lowest BCUT2D eigenvalue weighted by Crippen LogP contribution is -2.06. The molecule has 0 amide bonds. The van der Waals surface area contributed by atoms with E-state index in [0.717, 1.165) is 0 Å². The highest BCUT2D eigenvalue weighted by molar-refractivity contribution is 9.12. The molecular weight excluding hydrogens is 435 g/mol. The molecule has 0 saturated heterocycles. The van der Waals surface area contributed by atoms with Gasteiger partial charge in [0.05, 0.1) is 18.7 Å². The van der Waals surface area contributed by atoms with E-state index in [0.29, 0.717) is 43.2 Å². The number of alkyl halides is 1. The van der Waals surface area contributed by atoms with Crippen molar-refractivity contribution >= 4 is 43.5 Å². The van der Waals surface area contributed by atoms with Gasteiger partial charge < -0.3 is 15.2 Å². The molecule has 0 saturated carbocycles. The zero-order valence-corrected chi connectivity index (χ0v) is 15.6. The number of allylic oxidation sites excluding steroid dienone is 2. The predicted octanol–water partition coefficient (Wildman–Crippen LogP) is 4.59. The molecule has 0 bridgehead atoms. The Balaban J connectivity index is 3.34. The van der Waals surface area contributed by atoms with Gasteiger partial charge in [0.15, 0.2) is 5.76 Å². The third kappa shape index (κ3) is 4.80. The molecule has 1 rings (SSSR count). The van der Waals surface area contributed by atoms with Crippen molar-refractivity contribution in [1.82, 2.24) is 0 Å². The smallest absolute Gasteiger partial charge is 0.150 e. The van der Waals surface area contributed by atoms with E-state index in [9.17, 15) is 0 Å². The number of benzene rings is 1. The number of nitriles is 1. The molecule has 4 nitrogen and oxygen atoms in total. The van der Waals surface area contributed by atoms with Gasteiger partial charge in [-0.2, -0.15) is 5.26 Å². The van der Waals surface area contributed by atoms with Gasteiger partial charge in [0.1, 0.15) is 16.0 Å². The second-order valence-corrected chi connectivity index (χ2v) is 5.78. The lowest BCUT2D eigenvalue weighted by Gasteiger charge is -2.15. The number of methoxy groups -OCH3 is 1. The normalized spacial score (nSPS) is 12.2. The Hall–Kier alpha value is -1.42. The maximum Gasteiger partial charge on any atom is 0.150 e. The van der Waals surface area contributed by atoms with E-state index in [1.807, 2.05) is 6.07 Å². The molecule has 1 aromatic carbocycles. The molecule has 0 aromatic heterocycles. The van der Waals surface area contributed by atoms with E-state index in [1.54, 1.807) is 18.2 Å². The van der Waals surface area contributed by atoms with Crippen molar-refractivity contribution in [2.75, 3.05) is 12.4 Å². The van der Waals surface area contributed by atoms with Crippen LogP contribution in [-0.2, 0) is 4.74 Å². The molecule has 0 aliphatic carbocycles. The quantitative estimate of drug-likeness (QED) is 0.393. The van der Waals surface area contributed by atoms with Crippen molar-refractivity contribution in [3.8, 4) is 11.8 Å². The maximum atomic E-state index is 9.00. The third-order valence-corrected chi connectivity index (χ3v) is 4.17. The summed E-state index contributed by atoms with van der Waals surface area (Å²) >= 11 is 12.7. The van der Waals surface area contributed by atoms with Gasteiger partial charge in [0.25, 0.3) is 0 Å². The first kappa shape index (κ1) is 18.6. The Morgan fingerprint density at radius 1 is 1.50 bits per heavy atom. The van der Waals surface area contributed by atoms with E-state index in [4.69, 9.17) is 32.1 Å². The summed E-state index contributed by atoms with van der Waals surface area (Å²) in [5, 5.41) is 9.85. The second-order valence-electron chi connectivity index (χ2n) is 3.99. The van der Waals surface area contributed by atoms with Crippen LogP contribution < -0.4 is 10.5 Å². The lowest BCUT2D eigenvalue weighted by molar-refractivity contribution is 0.303. The van der Waals surface area contributed by atoms with Gasteiger partial charge in [0.2, 0.25) is 0 Å². The van der Waals surface area contributed by atoms with Crippen molar-refractivity contribution in [2.45, 2.75) is 0 Å². The average Bonchev–Trinajstić information content (AvgIpc) is 2.52. The zero-order valence-electron chi connectivity index (χ0n) is 11.7. The molecule has 0 heterocycles. The SMILES string of the molecule is C=C(OC)/C(Br)=C(Oc1cc(Cl)cc(C#N)c1)\C(=C/N)CBr. The molecule has 0 aliphatic heterocycles. The van der Waals surface area contributed by atoms with E-state index in [1.165, 1.54) is 13.3 Å². The minimum Gasteiger partial charge on any atom is -0.496 e. The van der Waals surface area contributed by atoms with Crippen LogP contribution in [0.2, 0.25) is 5.02 Å². The minimum atomic E-state index is 0.373. The summed E-state index contributed by atoms with van der Waals surface area (Å²) in [5.74, 6) is 1.19. The number of hydrogen-bond donors (Lipinski definition) is 1. The van der Waals surface area contributed by atoms with Crippen LogP contribution in [0.4, 0.5) is 0 Å². The van der Waals surface area contributed by atoms with Crippen molar-refractivity contribution < 1.29 is 9.47 Å². The van der Waals surface area contributed by atoms with Gasteiger partial charge in [-0.1, -0.05) is 34.1 Å². The largest absolute Gasteiger partial charge is 0.496 e. The zero-order chi connectivity index (χ0) is 16.7. The molecule has 0 aliphatic rings. The van der Waals surface area contributed by atoms with Crippen LogP contribution in [0.25, 0.3) is 0 Å². The van der Waals surface area contributed by atoms with Gasteiger partial charge >= 0.3 is 0 Å². The van der Waals surface area contributed by atoms with Crippen molar-refractivity contribution in [2.24, 2.45) is 5.73 Å². The van der Waals surface area contributed by atoms with Gasteiger partial charge in [-0.05, 0) is 34.1 Å². The molecule has 7 heteroatoms. The van der Waals surface area contributed by atoms with Gasteiger partial charge in [-0.3, -0.25) is 0 Å². The van der Waals surface area contributed by atoms with E-state index in [2.05, 4.69) is 38.4 Å². The van der Waals surface area contributed by atoms with E-state index < -0.39 is 0 Å². The summed E-state index contributed by atoms with van der Waals surface area (Å²) in [6.45, 7) is 3.77. The first-order valence-electron chi connectivity index (χ1n) is 5.95. The Labute approximate surface area is 151 Å². The minimum absolute atomic E-state index is 0.373. The molecule has 0 fully saturated rings. The Bertz CT molecular complexity index is 679. The standard InChI is InChI=1S/C15H13Br2ClN2O2/c1-9(21-2)14(17)15(11(6-16)8-20)22-13-4-10(7-19)3-12(18)5-13/h3-5,8H,1,6,20H2,2H3/b11-8-,15-14-. The van der Waals surface area contributed by atoms with Gasteiger partial charge in [-0.25, -0.2) is 0 Å². The van der Waals surface area contributed by atoms with Crippen LogP contribution in [0.5, 0.6) is 5.75 Å². The van der Waals surface area contributed by atoms with Crippen LogP contribution in [-0.4, -0.2) is 12.4 Å². The molecular formula is C15H13Br2ClN2O2. The number of rotatable bonds is 6. The van der Waals surface area contributed by atoms with Gasteiger partial charge in [0, 0.05) is 22.1 Å². The highest BCUT2D eigenvalue weighted by Gasteiger charge is 2.16. The van der Waals surface area contributed by atoms with Crippen LogP contribution in [0, 0.1) is 11.3 Å². The Kier molecular flexibility index (Phi) is 7.52. The van der Waals surface area contributed by atoms with Crippen molar-refractivity contribution in [1.29, 1.82) is 5.26 Å². The molecule has 22 heavy (non-hydrogen) atoms. The van der Waals surface area contributed by atoms with E-state index >= 15 is 0 Å². The van der Waals surface area contributed by atoms with Crippen LogP contribution >= 0.6 is 43.5 Å². The first-order chi connectivity index (χ1) is 10.5. The number of nitrogens with two attached hydrogens (primary N) is 1. The fourth-order valence-corrected chi connectivity index (χ4v) is 2.62. The highest BCUT2D eigenvalue weighted by atomic mass is 79.9. The van der Waals surface area contributed by atoms with Crippen molar-refractivity contribution in [3.63, 3.8) is 0 Å². The average molecular weight is 449 g/mol. The van der Waals surface area contributed by atoms with Crippen LogP contribution in [0.3, 0.4) is 0 Å². The maximum absolute atomic E-state index is 9.00. The predicted molar refractivity (Wildman–Crippen MR) is 95.0 cm³/mol. The Morgan fingerprint density at radius 3 is 2.68 bits per heavy atom. The molecule has 0 spiro atoms. The molecule has 116 valence electrons. The topological polar surface area (TPSA) is 68.3 Å². The summed E-state index contributed by atoms with van der Waals surface area (Å²) < 4.78 is 11.4. The number of ether oxygens (including phenoxy) is 2. The monoisotopic (exact) mass is 446 g/mol. The highest BCUT2D eigenvalue weighted by Crippen LogP contribution is 2.30. The number of halogens is 3. The molecule has 0 atom stereocenters. The summed E-state index contributed by atoms with van der Waals surface area (Å²) in [4.78, 5) is 0. The van der Waals surface area contributed by atoms with Gasteiger partial charge in [-0.15, -0.1) is 0 Å². The summed E-state index contributed by atoms with van der Waals surface area (Å²) in [6.07, 6.45) is 1.41. The van der Waals surface area contributed by atoms with Crippen LogP contribution in [0.1, 0.15) is 5.56 Å². The first-order valence-corrected chi connectivity index (χ1v) is 8.24. The molecule has 0 radical (unpaired) electrons. The summed E-state index contributed by atoms with van der Waals surface area (Å²) in [5.41, 5.74) is 6.69. The lowest BCUT2D eigenvalue weighted by atomic mass is 10.2. The Morgan fingerprint density at radius 2 is 2.18 bits per heavy atom. The second kappa shape index (κ2) is 8.89. The fourth-order valence-electron chi connectivity index (χ4n) is 1.45. The van der Waals surface area contributed by atoms with Crippen molar-refractivity contribution in [3.05, 3.63) is 63.1 Å². The number of hydrogen-bond acceptors (Lipinski definition) is 4. The molecule has 0 unspecified atom stereocenters. The van der Waals surface area contributed by atoms with Crippen LogP contribution in [0.15, 0.2) is 52.6 Å². The fraction of sp³-hybridized carbons (Fsp3) is 0.133. The molecule has 1 aromatic rings. The number of nitrogens with zero attached hydrogens (tertiary/aromatic N) is 1. The summed E-state index contributed by atoms with van der Waals surface area (Å²) in [6, 6.07) is 6.74. The molecule has 2 N–H and O–H groups in total.